The predicted molar refractivity (Wildman–Crippen MR) is 42.5 cm³/mol. The first kappa shape index (κ1) is 7.67. The Hall–Kier alpha value is -0.430. The van der Waals surface area contributed by atoms with Gasteiger partial charge in [0.15, 0.2) is 0 Å². The van der Waals surface area contributed by atoms with Crippen LogP contribution in [0.1, 0.15) is 17.7 Å². The highest BCUT2D eigenvalue weighted by Gasteiger charge is 1.99. The summed E-state index contributed by atoms with van der Waals surface area (Å²) in [6.07, 6.45) is 3.68. The summed E-state index contributed by atoms with van der Waals surface area (Å²) < 4.78 is 5.21. The van der Waals surface area contributed by atoms with Gasteiger partial charge in [-0.05, 0) is 25.0 Å². The Morgan fingerprint density at radius 1 is 1.60 bits per heavy atom. The molecule has 1 aromatic heterocycles. The van der Waals surface area contributed by atoms with Crippen molar-refractivity contribution in [2.24, 2.45) is 0 Å². The molecule has 0 aliphatic carbocycles. The summed E-state index contributed by atoms with van der Waals surface area (Å²) in [5.41, 5.74) is 1.23. The Labute approximate surface area is 66.0 Å². The van der Waals surface area contributed by atoms with Crippen LogP contribution >= 0.6 is 11.6 Å². The number of furan rings is 1. The molecule has 1 nitrogen and oxygen atoms in total. The van der Waals surface area contributed by atoms with Crippen LogP contribution in [0.3, 0.4) is 0 Å². The minimum absolute atomic E-state index is 0.708. The van der Waals surface area contributed by atoms with Gasteiger partial charge in [-0.1, -0.05) is 0 Å². The van der Waals surface area contributed by atoms with E-state index in [0.717, 1.165) is 18.6 Å². The summed E-state index contributed by atoms with van der Waals surface area (Å²) in [7, 11) is 0. The molecule has 0 N–H and O–H groups in total. The monoisotopic (exact) mass is 158 g/mol. The van der Waals surface area contributed by atoms with E-state index in [2.05, 4.69) is 0 Å². The zero-order valence-corrected chi connectivity index (χ0v) is 6.82. The Bertz CT molecular complexity index is 193. The van der Waals surface area contributed by atoms with Crippen LogP contribution in [-0.2, 0) is 6.42 Å². The highest BCUT2D eigenvalue weighted by Crippen LogP contribution is 2.10. The molecule has 56 valence electrons. The second kappa shape index (κ2) is 3.67. The molecule has 1 aromatic rings. The van der Waals surface area contributed by atoms with Gasteiger partial charge in [0.2, 0.25) is 0 Å². The summed E-state index contributed by atoms with van der Waals surface area (Å²) >= 11 is 5.53. The number of alkyl halides is 1. The van der Waals surface area contributed by atoms with Gasteiger partial charge in [-0.2, -0.15) is 0 Å². The van der Waals surface area contributed by atoms with Crippen LogP contribution in [0.25, 0.3) is 0 Å². The summed E-state index contributed by atoms with van der Waals surface area (Å²) in [6, 6.07) is 1.98. The lowest BCUT2D eigenvalue weighted by Gasteiger charge is -1.93. The molecule has 0 amide bonds. The third kappa shape index (κ3) is 1.77. The molecule has 0 saturated carbocycles. The quantitative estimate of drug-likeness (QED) is 0.617. The smallest absolute Gasteiger partial charge is 0.106 e. The van der Waals surface area contributed by atoms with Crippen LogP contribution < -0.4 is 0 Å². The number of hydrogen-bond donors (Lipinski definition) is 0. The van der Waals surface area contributed by atoms with E-state index in [1.165, 1.54) is 5.56 Å². The number of hydrogen-bond acceptors (Lipinski definition) is 1. The number of aryl methyl sites for hydroxylation is 2. The fraction of sp³-hybridized carbons (Fsp3) is 0.500. The van der Waals surface area contributed by atoms with Crippen molar-refractivity contribution in [3.63, 3.8) is 0 Å². The van der Waals surface area contributed by atoms with Gasteiger partial charge < -0.3 is 4.42 Å². The van der Waals surface area contributed by atoms with E-state index in [0.29, 0.717) is 5.88 Å². The molecule has 0 radical (unpaired) electrons. The molecule has 2 heteroatoms. The highest BCUT2D eigenvalue weighted by molar-refractivity contribution is 6.17. The van der Waals surface area contributed by atoms with Gasteiger partial charge in [-0.25, -0.2) is 0 Å². The molecule has 0 spiro atoms. The average molecular weight is 159 g/mol. The molecule has 0 aliphatic heterocycles. The van der Waals surface area contributed by atoms with E-state index in [4.69, 9.17) is 16.0 Å². The summed E-state index contributed by atoms with van der Waals surface area (Å²) in [4.78, 5) is 0. The maximum atomic E-state index is 5.53. The van der Waals surface area contributed by atoms with E-state index in [9.17, 15) is 0 Å². The van der Waals surface area contributed by atoms with Gasteiger partial charge >= 0.3 is 0 Å². The van der Waals surface area contributed by atoms with Gasteiger partial charge in [0.05, 0.1) is 6.26 Å². The zero-order valence-electron chi connectivity index (χ0n) is 6.06. The largest absolute Gasteiger partial charge is 0.469 e. The van der Waals surface area contributed by atoms with Crippen LogP contribution in [0.4, 0.5) is 0 Å². The molecule has 1 heterocycles. The van der Waals surface area contributed by atoms with Crippen molar-refractivity contribution in [1.29, 1.82) is 0 Å². The fourth-order valence-corrected chi connectivity index (χ4v) is 1.02. The predicted octanol–water partition coefficient (Wildman–Crippen LogP) is 2.76. The molecule has 0 bridgehead atoms. The first-order chi connectivity index (χ1) is 4.84. The highest BCUT2D eigenvalue weighted by atomic mass is 35.5. The lowest BCUT2D eigenvalue weighted by molar-refractivity contribution is 0.504. The molecule has 0 atom stereocenters. The molecule has 10 heavy (non-hydrogen) atoms. The van der Waals surface area contributed by atoms with Crippen molar-refractivity contribution in [1.82, 2.24) is 0 Å². The van der Waals surface area contributed by atoms with Gasteiger partial charge in [-0.15, -0.1) is 11.6 Å². The standard InChI is InChI=1S/C8H11ClO/c1-7-4-6-10-8(7)3-2-5-9/h4,6H,2-3,5H2,1H3. The van der Waals surface area contributed by atoms with Crippen LogP contribution in [-0.4, -0.2) is 5.88 Å². The molecule has 1 rings (SSSR count). The van der Waals surface area contributed by atoms with Gasteiger partial charge in [0.1, 0.15) is 5.76 Å². The SMILES string of the molecule is Cc1ccoc1CCCCl. The van der Waals surface area contributed by atoms with Crippen molar-refractivity contribution < 1.29 is 4.42 Å². The van der Waals surface area contributed by atoms with E-state index in [1.807, 2.05) is 13.0 Å². The van der Waals surface area contributed by atoms with Gasteiger partial charge in [0.25, 0.3) is 0 Å². The van der Waals surface area contributed by atoms with Gasteiger partial charge in [-0.3, -0.25) is 0 Å². The van der Waals surface area contributed by atoms with Crippen molar-refractivity contribution in [3.8, 4) is 0 Å². The third-order valence-electron chi connectivity index (χ3n) is 1.51. The minimum Gasteiger partial charge on any atom is -0.469 e. The second-order valence-electron chi connectivity index (χ2n) is 2.32. The Morgan fingerprint density at radius 2 is 2.40 bits per heavy atom. The van der Waals surface area contributed by atoms with Gasteiger partial charge in [0, 0.05) is 12.3 Å². The minimum atomic E-state index is 0.708. The van der Waals surface area contributed by atoms with Crippen LogP contribution in [0.5, 0.6) is 0 Å². The van der Waals surface area contributed by atoms with E-state index in [1.54, 1.807) is 6.26 Å². The Kier molecular flexibility index (Phi) is 2.82. The summed E-state index contributed by atoms with van der Waals surface area (Å²) in [6.45, 7) is 2.05. The van der Waals surface area contributed by atoms with E-state index < -0.39 is 0 Å². The normalized spacial score (nSPS) is 10.2. The fourth-order valence-electron chi connectivity index (χ4n) is 0.888. The zero-order chi connectivity index (χ0) is 7.40. The molecule has 0 unspecified atom stereocenters. The molecular formula is C8H11ClO. The number of halogens is 1. The molecule has 0 saturated heterocycles. The van der Waals surface area contributed by atoms with Crippen molar-refractivity contribution in [2.75, 3.05) is 5.88 Å². The van der Waals surface area contributed by atoms with Crippen molar-refractivity contribution >= 4 is 11.6 Å². The van der Waals surface area contributed by atoms with E-state index in [-0.39, 0.29) is 0 Å². The van der Waals surface area contributed by atoms with Crippen LogP contribution in [0, 0.1) is 6.92 Å². The molecule has 0 aliphatic rings. The Morgan fingerprint density at radius 3 is 2.90 bits per heavy atom. The van der Waals surface area contributed by atoms with Crippen molar-refractivity contribution in [3.05, 3.63) is 23.7 Å². The maximum absolute atomic E-state index is 5.53. The lowest BCUT2D eigenvalue weighted by Crippen LogP contribution is -1.84. The molecular weight excluding hydrogens is 148 g/mol. The van der Waals surface area contributed by atoms with Crippen molar-refractivity contribution in [2.45, 2.75) is 19.8 Å². The number of rotatable bonds is 3. The first-order valence-electron chi connectivity index (χ1n) is 3.43. The second-order valence-corrected chi connectivity index (χ2v) is 2.70. The third-order valence-corrected chi connectivity index (χ3v) is 1.77. The molecule has 0 fully saturated rings. The summed E-state index contributed by atoms with van der Waals surface area (Å²) in [5, 5.41) is 0. The Balaban J connectivity index is 2.49. The molecule has 0 aromatic carbocycles. The summed E-state index contributed by atoms with van der Waals surface area (Å²) in [5.74, 6) is 1.78. The van der Waals surface area contributed by atoms with E-state index >= 15 is 0 Å². The van der Waals surface area contributed by atoms with Crippen LogP contribution in [0.15, 0.2) is 16.7 Å². The lowest BCUT2D eigenvalue weighted by atomic mass is 10.2. The van der Waals surface area contributed by atoms with Crippen LogP contribution in [0.2, 0.25) is 0 Å². The topological polar surface area (TPSA) is 13.1 Å². The first-order valence-corrected chi connectivity index (χ1v) is 3.97. The maximum Gasteiger partial charge on any atom is 0.106 e. The average Bonchev–Trinajstić information content (AvgIpc) is 2.31.